The van der Waals surface area contributed by atoms with Crippen LogP contribution in [0.1, 0.15) is 31.8 Å². The van der Waals surface area contributed by atoms with Crippen molar-refractivity contribution in [2.75, 3.05) is 0 Å². The molecule has 2 aromatic rings. The van der Waals surface area contributed by atoms with E-state index in [9.17, 15) is 19.6 Å². The number of hydrazine groups is 1. The maximum absolute atomic E-state index is 12.3. The van der Waals surface area contributed by atoms with Crippen molar-refractivity contribution in [1.82, 2.24) is 10.9 Å². The van der Waals surface area contributed by atoms with E-state index in [1.54, 1.807) is 49.4 Å². The summed E-state index contributed by atoms with van der Waals surface area (Å²) in [5.41, 5.74) is 6.72. The molecule has 0 saturated carbocycles. The zero-order chi connectivity index (χ0) is 18.4. The Balaban J connectivity index is 2.04. The van der Waals surface area contributed by atoms with E-state index in [0.717, 1.165) is 11.1 Å². The Labute approximate surface area is 145 Å². The van der Waals surface area contributed by atoms with Gasteiger partial charge in [-0.05, 0) is 32.0 Å². The predicted octanol–water partition coefficient (Wildman–Crippen LogP) is 2.09. The van der Waals surface area contributed by atoms with Gasteiger partial charge in [-0.1, -0.05) is 41.5 Å². The molecular weight excluding hydrogens is 318 g/mol. The van der Waals surface area contributed by atoms with Gasteiger partial charge in [0.1, 0.15) is 0 Å². The highest BCUT2D eigenvalue weighted by Gasteiger charge is 2.28. The van der Waals surface area contributed by atoms with E-state index in [-0.39, 0.29) is 5.56 Å². The third kappa shape index (κ3) is 4.52. The van der Waals surface area contributed by atoms with Crippen LogP contribution in [-0.4, -0.2) is 17.6 Å². The van der Waals surface area contributed by atoms with Crippen LogP contribution in [0.3, 0.4) is 0 Å². The minimum atomic E-state index is -1.54. The van der Waals surface area contributed by atoms with E-state index >= 15 is 0 Å². The van der Waals surface area contributed by atoms with E-state index in [1.807, 2.05) is 13.0 Å². The number of nitriles is 1. The first-order valence-electron chi connectivity index (χ1n) is 7.59. The lowest BCUT2D eigenvalue weighted by Crippen LogP contribution is -2.46. The van der Waals surface area contributed by atoms with Gasteiger partial charge in [-0.25, -0.2) is 0 Å². The molecule has 25 heavy (non-hydrogen) atoms. The Morgan fingerprint density at radius 1 is 0.920 bits per heavy atom. The van der Waals surface area contributed by atoms with Crippen molar-refractivity contribution in [3.63, 3.8) is 0 Å². The van der Waals surface area contributed by atoms with Crippen LogP contribution in [-0.2, 0) is 4.79 Å². The fourth-order valence-corrected chi connectivity index (χ4v) is 2.25. The quantitative estimate of drug-likeness (QED) is 0.508. The van der Waals surface area contributed by atoms with Crippen molar-refractivity contribution in [3.05, 3.63) is 70.8 Å². The molecule has 0 bridgehead atoms. The fourth-order valence-electron chi connectivity index (χ4n) is 2.25. The lowest BCUT2D eigenvalue weighted by molar-refractivity contribution is -0.123. The van der Waals surface area contributed by atoms with Crippen LogP contribution in [0.2, 0.25) is 0 Å². The van der Waals surface area contributed by atoms with Crippen molar-refractivity contribution in [1.29, 1.82) is 5.26 Å². The van der Waals surface area contributed by atoms with Gasteiger partial charge >= 0.3 is 0 Å². The number of Topliss-reactive ketones (excluding diaryl/α,β-unsaturated/α-hetero) is 1. The maximum Gasteiger partial charge on any atom is 0.269 e. The fraction of sp³-hybridized carbons (Fsp3) is 0.158. The molecule has 0 spiro atoms. The molecule has 6 heteroatoms. The smallest absolute Gasteiger partial charge is 0.269 e. The molecule has 126 valence electrons. The number of amides is 2. The highest BCUT2D eigenvalue weighted by atomic mass is 16.2. The van der Waals surface area contributed by atoms with Crippen molar-refractivity contribution < 1.29 is 14.4 Å². The van der Waals surface area contributed by atoms with Crippen LogP contribution in [0, 0.1) is 31.1 Å². The minimum Gasteiger partial charge on any atom is -0.292 e. The summed E-state index contributed by atoms with van der Waals surface area (Å²) in [4.78, 5) is 36.4. The first kappa shape index (κ1) is 17.9. The summed E-state index contributed by atoms with van der Waals surface area (Å²) in [6.45, 7) is 3.64. The summed E-state index contributed by atoms with van der Waals surface area (Å²) in [7, 11) is 0. The second-order valence-corrected chi connectivity index (χ2v) is 5.61. The number of nitrogens with zero attached hydrogens (tertiary/aromatic N) is 1. The summed E-state index contributed by atoms with van der Waals surface area (Å²) >= 11 is 0. The first-order valence-corrected chi connectivity index (χ1v) is 7.59. The third-order valence-corrected chi connectivity index (χ3v) is 3.54. The predicted molar refractivity (Wildman–Crippen MR) is 91.4 cm³/mol. The molecule has 6 nitrogen and oxygen atoms in total. The number of hydrogen-bond donors (Lipinski definition) is 2. The van der Waals surface area contributed by atoms with Crippen LogP contribution < -0.4 is 10.9 Å². The van der Waals surface area contributed by atoms with Gasteiger partial charge in [0.25, 0.3) is 11.8 Å². The molecule has 0 aliphatic rings. The number of rotatable bonds is 4. The number of benzene rings is 2. The minimum absolute atomic E-state index is 0.270. The summed E-state index contributed by atoms with van der Waals surface area (Å²) in [6.07, 6.45) is 0. The molecule has 2 rings (SSSR count). The van der Waals surface area contributed by atoms with Gasteiger partial charge in [-0.2, -0.15) is 5.26 Å². The zero-order valence-electron chi connectivity index (χ0n) is 13.9. The molecule has 0 aliphatic carbocycles. The second kappa shape index (κ2) is 7.88. The molecule has 0 aromatic heterocycles. The molecule has 0 fully saturated rings. The maximum atomic E-state index is 12.3. The van der Waals surface area contributed by atoms with Crippen LogP contribution >= 0.6 is 0 Å². The van der Waals surface area contributed by atoms with E-state index < -0.39 is 23.5 Å². The topological polar surface area (TPSA) is 99.1 Å². The summed E-state index contributed by atoms with van der Waals surface area (Å²) in [5, 5.41) is 9.17. The second-order valence-electron chi connectivity index (χ2n) is 5.61. The highest BCUT2D eigenvalue weighted by molar-refractivity contribution is 6.12. The van der Waals surface area contributed by atoms with Gasteiger partial charge in [-0.15, -0.1) is 0 Å². The first-order chi connectivity index (χ1) is 11.9. The van der Waals surface area contributed by atoms with Gasteiger partial charge in [-0.3, -0.25) is 25.2 Å². The molecule has 1 unspecified atom stereocenters. The largest absolute Gasteiger partial charge is 0.292 e. The van der Waals surface area contributed by atoms with Crippen LogP contribution in [0.25, 0.3) is 0 Å². The molecule has 2 amide bonds. The summed E-state index contributed by atoms with van der Waals surface area (Å²) in [5.74, 6) is -3.57. The van der Waals surface area contributed by atoms with Crippen molar-refractivity contribution in [3.8, 4) is 6.07 Å². The van der Waals surface area contributed by atoms with Crippen molar-refractivity contribution in [2.24, 2.45) is 5.92 Å². The van der Waals surface area contributed by atoms with E-state index in [4.69, 9.17) is 0 Å². The lowest BCUT2D eigenvalue weighted by atomic mass is 9.97. The van der Waals surface area contributed by atoms with E-state index in [1.165, 1.54) is 6.07 Å². The van der Waals surface area contributed by atoms with Gasteiger partial charge in [0, 0.05) is 11.1 Å². The SMILES string of the molecule is Cc1cccc(C(=O)NNC(=O)C(C#N)C(=O)c2cccc(C)c2)c1. The van der Waals surface area contributed by atoms with Crippen LogP contribution in [0.4, 0.5) is 0 Å². The molecule has 2 aromatic carbocycles. The molecule has 0 radical (unpaired) electrons. The monoisotopic (exact) mass is 335 g/mol. The lowest BCUT2D eigenvalue weighted by Gasteiger charge is -2.11. The molecular formula is C19H17N3O3. The summed E-state index contributed by atoms with van der Waals surface area (Å²) in [6, 6.07) is 15.1. The Morgan fingerprint density at radius 3 is 2.04 bits per heavy atom. The van der Waals surface area contributed by atoms with Gasteiger partial charge in [0.05, 0.1) is 6.07 Å². The third-order valence-electron chi connectivity index (χ3n) is 3.54. The Hall–Kier alpha value is -3.46. The number of aryl methyl sites for hydroxylation is 2. The zero-order valence-corrected chi connectivity index (χ0v) is 13.9. The van der Waals surface area contributed by atoms with Crippen LogP contribution in [0.15, 0.2) is 48.5 Å². The van der Waals surface area contributed by atoms with E-state index in [0.29, 0.717) is 5.56 Å². The normalized spacial score (nSPS) is 11.1. The van der Waals surface area contributed by atoms with Crippen molar-refractivity contribution in [2.45, 2.75) is 13.8 Å². The van der Waals surface area contributed by atoms with E-state index in [2.05, 4.69) is 10.9 Å². The van der Waals surface area contributed by atoms with Gasteiger partial charge in [0.15, 0.2) is 11.7 Å². The molecule has 0 heterocycles. The Kier molecular flexibility index (Phi) is 5.64. The number of hydrogen-bond acceptors (Lipinski definition) is 4. The average molecular weight is 335 g/mol. The van der Waals surface area contributed by atoms with Crippen LogP contribution in [0.5, 0.6) is 0 Å². The highest BCUT2D eigenvalue weighted by Crippen LogP contribution is 2.11. The number of ketones is 1. The Bertz CT molecular complexity index is 868. The molecule has 0 saturated heterocycles. The number of carbonyl (C=O) groups excluding carboxylic acids is 3. The Morgan fingerprint density at radius 2 is 1.48 bits per heavy atom. The number of carbonyl (C=O) groups is 3. The molecule has 0 aliphatic heterocycles. The van der Waals surface area contributed by atoms with Gasteiger partial charge in [0.2, 0.25) is 0 Å². The van der Waals surface area contributed by atoms with Crippen molar-refractivity contribution >= 4 is 17.6 Å². The summed E-state index contributed by atoms with van der Waals surface area (Å²) < 4.78 is 0. The van der Waals surface area contributed by atoms with Gasteiger partial charge < -0.3 is 0 Å². The molecule has 1 atom stereocenters. The molecule has 2 N–H and O–H groups in total. The average Bonchev–Trinajstić information content (AvgIpc) is 2.60. The number of nitrogens with one attached hydrogen (secondary N) is 2. The standard InChI is InChI=1S/C19H17N3O3/c1-12-5-3-7-14(9-12)17(23)16(11-20)19(25)22-21-18(24)15-8-4-6-13(2)10-15/h3-10,16H,1-2H3,(H,21,24)(H,22,25).